The molecule has 17 heteroatoms. The van der Waals surface area contributed by atoms with Gasteiger partial charge in [0.2, 0.25) is 11.8 Å². The Morgan fingerprint density at radius 3 is 2.47 bits per heavy atom. The van der Waals surface area contributed by atoms with E-state index in [0.29, 0.717) is 75.7 Å². The molecule has 0 saturated carbocycles. The van der Waals surface area contributed by atoms with Crippen LogP contribution in [0.2, 0.25) is 5.02 Å². The first-order valence-electron chi connectivity index (χ1n) is 16.1. The molecule has 2 fully saturated rings. The number of piperazine rings is 1. The Bertz CT molecular complexity index is 1680. The molecular weight excluding hydrogens is 664 g/mol. The van der Waals surface area contributed by atoms with Crippen molar-refractivity contribution >= 4 is 40.8 Å². The van der Waals surface area contributed by atoms with Gasteiger partial charge >= 0.3 is 5.69 Å². The summed E-state index contributed by atoms with van der Waals surface area (Å²) < 4.78 is 33.0. The highest BCUT2D eigenvalue weighted by molar-refractivity contribution is 6.33. The fraction of sp³-hybridized carbons (Fsp3) is 0.500. The number of hydrazine groups is 1. The number of halogens is 3. The predicted octanol–water partition coefficient (Wildman–Crippen LogP) is 2.35. The summed E-state index contributed by atoms with van der Waals surface area (Å²) in [5, 5.41) is 3.95. The molecule has 14 nitrogen and oxygen atoms in total. The van der Waals surface area contributed by atoms with Gasteiger partial charge in [-0.3, -0.25) is 24.8 Å². The summed E-state index contributed by atoms with van der Waals surface area (Å²) in [6, 6.07) is 5.16. The maximum Gasteiger partial charge on any atom is 0.345 e. The summed E-state index contributed by atoms with van der Waals surface area (Å²) in [4.78, 5) is 68.7. The number of amidine groups is 1. The minimum atomic E-state index is -3.10. The van der Waals surface area contributed by atoms with Crippen LogP contribution in [0.4, 0.5) is 14.5 Å². The van der Waals surface area contributed by atoms with Crippen LogP contribution in [-0.4, -0.2) is 113 Å². The zero-order valence-corrected chi connectivity index (χ0v) is 28.4. The summed E-state index contributed by atoms with van der Waals surface area (Å²) in [7, 11) is 1.49. The van der Waals surface area contributed by atoms with Crippen LogP contribution in [0, 0.1) is 5.92 Å². The number of H-pyrrole nitrogens is 1. The molecule has 264 valence electrons. The Labute approximate surface area is 287 Å². The number of carbonyl (C=O) groups excluding carboxylic acids is 3. The van der Waals surface area contributed by atoms with Crippen molar-refractivity contribution < 1.29 is 27.9 Å². The minimum Gasteiger partial charge on any atom is -0.381 e. The lowest BCUT2D eigenvalue weighted by molar-refractivity contribution is -0.141. The first-order chi connectivity index (χ1) is 23.4. The molecule has 3 aliphatic rings. The number of benzene rings is 1. The van der Waals surface area contributed by atoms with Crippen LogP contribution in [0.25, 0.3) is 0 Å². The van der Waals surface area contributed by atoms with E-state index in [1.165, 1.54) is 36.5 Å². The number of aromatic nitrogens is 2. The molecule has 0 atom stereocenters. The zero-order valence-electron chi connectivity index (χ0n) is 27.6. The molecular formula is C32H40ClF2N9O5. The third-order valence-corrected chi connectivity index (χ3v) is 9.02. The molecule has 0 spiro atoms. The number of ether oxygens (including phenoxy) is 1. The topological polar surface area (TPSA) is 156 Å². The minimum absolute atomic E-state index is 0.0419. The van der Waals surface area contributed by atoms with Gasteiger partial charge in [0.1, 0.15) is 12.4 Å². The van der Waals surface area contributed by atoms with Gasteiger partial charge in [0, 0.05) is 76.7 Å². The van der Waals surface area contributed by atoms with E-state index < -0.39 is 17.5 Å². The van der Waals surface area contributed by atoms with Crippen LogP contribution in [0.15, 0.2) is 51.6 Å². The van der Waals surface area contributed by atoms with E-state index in [-0.39, 0.29) is 53.1 Å². The van der Waals surface area contributed by atoms with Crippen LogP contribution in [0.1, 0.15) is 44.4 Å². The zero-order chi connectivity index (χ0) is 35.3. The Morgan fingerprint density at radius 1 is 1.14 bits per heavy atom. The van der Waals surface area contributed by atoms with E-state index in [1.807, 2.05) is 16.7 Å². The summed E-state index contributed by atoms with van der Waals surface area (Å²) >= 11 is 6.25. The van der Waals surface area contributed by atoms with Gasteiger partial charge in [-0.05, 0) is 37.5 Å². The Balaban J connectivity index is 1.39. The number of hydrogen-bond acceptors (Lipinski definition) is 9. The number of nitrogens with one attached hydrogen (secondary N) is 3. The number of anilines is 1. The lowest BCUT2D eigenvalue weighted by Gasteiger charge is -2.45. The van der Waals surface area contributed by atoms with Crippen LogP contribution >= 0.6 is 11.6 Å². The Morgan fingerprint density at radius 2 is 1.86 bits per heavy atom. The van der Waals surface area contributed by atoms with E-state index in [9.17, 15) is 28.0 Å². The van der Waals surface area contributed by atoms with E-state index in [1.54, 1.807) is 4.90 Å². The molecule has 5 rings (SSSR count). The van der Waals surface area contributed by atoms with Crippen molar-refractivity contribution in [3.63, 3.8) is 0 Å². The van der Waals surface area contributed by atoms with Gasteiger partial charge in [-0.1, -0.05) is 24.6 Å². The van der Waals surface area contributed by atoms with Crippen LogP contribution in [0.5, 0.6) is 0 Å². The van der Waals surface area contributed by atoms with Gasteiger partial charge in [0.25, 0.3) is 11.8 Å². The number of carbonyl (C=O) groups is 3. The lowest BCUT2D eigenvalue weighted by Crippen LogP contribution is -2.60. The van der Waals surface area contributed by atoms with Crippen molar-refractivity contribution in [1.29, 1.82) is 0 Å². The predicted molar refractivity (Wildman–Crippen MR) is 178 cm³/mol. The smallest absolute Gasteiger partial charge is 0.345 e. The number of rotatable bonds is 9. The molecule has 49 heavy (non-hydrogen) atoms. The lowest BCUT2D eigenvalue weighted by atomic mass is 9.98. The fourth-order valence-corrected chi connectivity index (χ4v) is 6.36. The Hall–Kier alpha value is -4.57. The molecule has 1 aromatic heterocycles. The average molecular weight is 704 g/mol. The van der Waals surface area contributed by atoms with Gasteiger partial charge in [-0.2, -0.15) is 0 Å². The molecule has 3 aliphatic heterocycles. The number of aromatic amines is 1. The van der Waals surface area contributed by atoms with E-state index >= 15 is 0 Å². The molecule has 4 heterocycles. The van der Waals surface area contributed by atoms with Crippen molar-refractivity contribution in [1.82, 2.24) is 35.1 Å². The van der Waals surface area contributed by atoms with E-state index in [4.69, 9.17) is 16.3 Å². The van der Waals surface area contributed by atoms with Crippen molar-refractivity contribution in [3.05, 3.63) is 68.6 Å². The van der Waals surface area contributed by atoms with Gasteiger partial charge in [-0.25, -0.2) is 23.6 Å². The summed E-state index contributed by atoms with van der Waals surface area (Å²) in [5.41, 5.74) is 3.55. The van der Waals surface area contributed by atoms with E-state index in [2.05, 4.69) is 25.7 Å². The van der Waals surface area contributed by atoms with Crippen LogP contribution in [-0.2, 0) is 25.0 Å². The molecule has 0 aliphatic carbocycles. The third kappa shape index (κ3) is 8.36. The maximum atomic E-state index is 14.2. The van der Waals surface area contributed by atoms with Crippen molar-refractivity contribution in [3.8, 4) is 0 Å². The number of allylic oxidation sites excluding steroid dienone is 1. The van der Waals surface area contributed by atoms with Gasteiger partial charge in [-0.15, -0.1) is 0 Å². The number of aliphatic imine (C=N–C) groups is 1. The van der Waals surface area contributed by atoms with Crippen molar-refractivity contribution in [2.24, 2.45) is 10.9 Å². The number of amides is 3. The fourth-order valence-electron chi connectivity index (χ4n) is 6.13. The van der Waals surface area contributed by atoms with Gasteiger partial charge in [0.15, 0.2) is 5.84 Å². The molecule has 2 saturated heterocycles. The Kier molecular flexibility index (Phi) is 11.2. The second kappa shape index (κ2) is 15.3. The second-order valence-electron chi connectivity index (χ2n) is 12.0. The highest BCUT2D eigenvalue weighted by Gasteiger charge is 2.38. The summed E-state index contributed by atoms with van der Waals surface area (Å²) in [5.74, 6) is -3.78. The summed E-state index contributed by atoms with van der Waals surface area (Å²) in [6.45, 7) is 5.09. The standard InChI is InChI=1S/C32H40ClF2N9O5/c1-4-25-27(41-11-13-42(14-12-41)29(46)20-8-15-49-16-9-20)30(47)44(40-28(36-3)24-7-10-37-31(48)39-24)19-43(25)18-26(45)38-23-6-5-21(17-22(23)33)32(2,34)35/h5-7,10,17,20H,4,8-9,11-16,18-19H2,1-3H3,(H,36,40)(H,38,45)(H,37,39,48). The largest absolute Gasteiger partial charge is 0.381 e. The molecule has 3 N–H and O–H groups in total. The quantitative estimate of drug-likeness (QED) is 0.264. The van der Waals surface area contributed by atoms with Crippen molar-refractivity contribution in [2.45, 2.75) is 39.0 Å². The highest BCUT2D eigenvalue weighted by Crippen LogP contribution is 2.33. The van der Waals surface area contributed by atoms with Gasteiger partial charge < -0.3 is 29.7 Å². The number of hydrogen-bond donors (Lipinski definition) is 3. The van der Waals surface area contributed by atoms with Gasteiger partial charge in [0.05, 0.1) is 22.9 Å². The second-order valence-corrected chi connectivity index (χ2v) is 12.4. The maximum absolute atomic E-state index is 14.2. The summed E-state index contributed by atoms with van der Waals surface area (Å²) in [6.07, 6.45) is 3.09. The first-order valence-corrected chi connectivity index (χ1v) is 16.5. The normalized spacial score (nSPS) is 18.2. The van der Waals surface area contributed by atoms with Crippen LogP contribution in [0.3, 0.4) is 0 Å². The molecule has 2 aromatic rings. The molecule has 3 amide bonds. The van der Waals surface area contributed by atoms with Crippen LogP contribution < -0.4 is 16.4 Å². The SMILES string of the molecule is CCC1=C(N2CCN(C(=O)C3CCOCC3)CC2)C(=O)N(NC(=NC)c2ccnc(=O)[nH]2)CN1CC(=O)Nc1ccc(C(C)(F)F)cc1Cl. The molecule has 0 bridgehead atoms. The third-order valence-electron chi connectivity index (χ3n) is 8.71. The first kappa shape index (κ1) is 35.7. The number of nitrogens with zero attached hydrogens (tertiary/aromatic N) is 6. The molecule has 1 aromatic carbocycles. The number of alkyl halides is 2. The van der Waals surface area contributed by atoms with E-state index in [0.717, 1.165) is 13.0 Å². The average Bonchev–Trinajstić information content (AvgIpc) is 3.08. The molecule has 0 unspecified atom stereocenters. The highest BCUT2D eigenvalue weighted by atomic mass is 35.5. The van der Waals surface area contributed by atoms with Crippen molar-refractivity contribution in [2.75, 3.05) is 65.0 Å². The monoisotopic (exact) mass is 703 g/mol. The molecule has 0 radical (unpaired) electrons.